The highest BCUT2D eigenvalue weighted by Gasteiger charge is 2.18. The molecule has 2 aromatic rings. The van der Waals surface area contributed by atoms with Crippen molar-refractivity contribution in [1.82, 2.24) is 5.32 Å². The molecule has 3 rings (SSSR count). The zero-order valence-electron chi connectivity index (χ0n) is 16.1. The van der Waals surface area contributed by atoms with E-state index in [0.717, 1.165) is 12.8 Å². The number of anilines is 2. The van der Waals surface area contributed by atoms with Crippen LogP contribution < -0.4 is 20.7 Å². The summed E-state index contributed by atoms with van der Waals surface area (Å²) in [6.45, 7) is -0.0860. The Morgan fingerprint density at radius 3 is 2.34 bits per heavy atom. The molecule has 0 radical (unpaired) electrons. The van der Waals surface area contributed by atoms with E-state index in [0.29, 0.717) is 29.5 Å². The molecule has 0 aliphatic heterocycles. The molecule has 0 heterocycles. The maximum atomic E-state index is 12.1. The number of ether oxygens (including phenoxy) is 1. The SMILES string of the molecule is O=C(CC1CCCC1)NC(=S)Nc1cccc(NC(=O)COc2ccccc2)c1. The molecule has 3 N–H and O–H groups in total. The van der Waals surface area contributed by atoms with Gasteiger partial charge in [0.25, 0.3) is 5.91 Å². The van der Waals surface area contributed by atoms with Gasteiger partial charge < -0.3 is 20.7 Å². The van der Waals surface area contributed by atoms with Crippen LogP contribution in [0.5, 0.6) is 5.75 Å². The normalized spacial score (nSPS) is 13.5. The van der Waals surface area contributed by atoms with Crippen LogP contribution in [0.25, 0.3) is 0 Å². The fraction of sp³-hybridized carbons (Fsp3) is 0.318. The first-order valence-electron chi connectivity index (χ1n) is 9.77. The van der Waals surface area contributed by atoms with Crippen LogP contribution in [0.1, 0.15) is 32.1 Å². The van der Waals surface area contributed by atoms with E-state index >= 15 is 0 Å². The van der Waals surface area contributed by atoms with E-state index in [1.807, 2.05) is 24.3 Å². The number of rotatable bonds is 7. The summed E-state index contributed by atoms with van der Waals surface area (Å²) in [7, 11) is 0. The number of carbonyl (C=O) groups is 2. The average Bonchev–Trinajstić information content (AvgIpc) is 3.20. The number of para-hydroxylation sites is 1. The molecule has 0 spiro atoms. The van der Waals surface area contributed by atoms with Gasteiger partial charge in [-0.3, -0.25) is 9.59 Å². The molecule has 7 heteroatoms. The van der Waals surface area contributed by atoms with Crippen LogP contribution in [-0.2, 0) is 9.59 Å². The Kier molecular flexibility index (Phi) is 7.58. The molecule has 0 bridgehead atoms. The van der Waals surface area contributed by atoms with E-state index in [1.165, 1.54) is 12.8 Å². The molecule has 1 fully saturated rings. The standard InChI is InChI=1S/C22H25N3O3S/c26-20(13-16-7-4-5-8-16)25-22(29)24-18-10-6-9-17(14-18)23-21(27)15-28-19-11-2-1-3-12-19/h1-3,6,9-12,14,16H,4-5,7-8,13,15H2,(H,23,27)(H2,24,25,26,29). The largest absolute Gasteiger partial charge is 0.484 e. The average molecular weight is 412 g/mol. The summed E-state index contributed by atoms with van der Waals surface area (Å²) in [4.78, 5) is 24.2. The van der Waals surface area contributed by atoms with Gasteiger partial charge in [-0.2, -0.15) is 0 Å². The second-order valence-electron chi connectivity index (χ2n) is 7.09. The number of carbonyl (C=O) groups excluding carboxylic acids is 2. The van der Waals surface area contributed by atoms with Gasteiger partial charge >= 0.3 is 0 Å². The van der Waals surface area contributed by atoms with Gasteiger partial charge in [0.1, 0.15) is 5.75 Å². The van der Waals surface area contributed by atoms with Crippen LogP contribution in [0, 0.1) is 5.92 Å². The van der Waals surface area contributed by atoms with Crippen molar-refractivity contribution in [3.63, 3.8) is 0 Å². The number of nitrogens with one attached hydrogen (secondary N) is 3. The Morgan fingerprint density at radius 1 is 0.931 bits per heavy atom. The van der Waals surface area contributed by atoms with Crippen molar-refractivity contribution < 1.29 is 14.3 Å². The van der Waals surface area contributed by atoms with Crippen LogP contribution >= 0.6 is 12.2 Å². The molecule has 2 aromatic carbocycles. The molecule has 1 saturated carbocycles. The van der Waals surface area contributed by atoms with Gasteiger partial charge in [0.15, 0.2) is 11.7 Å². The molecule has 0 unspecified atom stereocenters. The van der Waals surface area contributed by atoms with E-state index in [2.05, 4.69) is 16.0 Å². The molecule has 0 saturated heterocycles. The van der Waals surface area contributed by atoms with E-state index in [-0.39, 0.29) is 23.5 Å². The van der Waals surface area contributed by atoms with Gasteiger partial charge in [-0.15, -0.1) is 0 Å². The smallest absolute Gasteiger partial charge is 0.262 e. The first-order valence-corrected chi connectivity index (χ1v) is 10.2. The summed E-state index contributed by atoms with van der Waals surface area (Å²) in [5.74, 6) is 0.779. The Bertz CT molecular complexity index is 851. The molecule has 152 valence electrons. The molecule has 1 aliphatic carbocycles. The lowest BCUT2D eigenvalue weighted by Gasteiger charge is -2.13. The van der Waals surface area contributed by atoms with Gasteiger partial charge in [-0.05, 0) is 61.3 Å². The molecule has 1 aliphatic rings. The highest BCUT2D eigenvalue weighted by atomic mass is 32.1. The third-order valence-electron chi connectivity index (χ3n) is 4.72. The highest BCUT2D eigenvalue weighted by Crippen LogP contribution is 2.27. The fourth-order valence-corrected chi connectivity index (χ4v) is 3.59. The van der Waals surface area contributed by atoms with Crippen LogP contribution in [0.3, 0.4) is 0 Å². The van der Waals surface area contributed by atoms with Gasteiger partial charge in [0.05, 0.1) is 0 Å². The van der Waals surface area contributed by atoms with Crippen molar-refractivity contribution in [3.8, 4) is 5.75 Å². The van der Waals surface area contributed by atoms with Crippen molar-refractivity contribution in [3.05, 3.63) is 54.6 Å². The van der Waals surface area contributed by atoms with Crippen molar-refractivity contribution >= 4 is 40.5 Å². The molecular formula is C22H25N3O3S. The summed E-state index contributed by atoms with van der Waals surface area (Å²) in [6, 6.07) is 16.3. The minimum absolute atomic E-state index is 0.0584. The zero-order chi connectivity index (χ0) is 20.5. The lowest BCUT2D eigenvalue weighted by molar-refractivity contribution is -0.120. The number of hydrogen-bond donors (Lipinski definition) is 3. The molecule has 6 nitrogen and oxygen atoms in total. The van der Waals surface area contributed by atoms with Gasteiger partial charge in [-0.25, -0.2) is 0 Å². The van der Waals surface area contributed by atoms with E-state index in [9.17, 15) is 9.59 Å². The first kappa shape index (κ1) is 20.8. The quantitative estimate of drug-likeness (QED) is 0.598. The predicted molar refractivity (Wildman–Crippen MR) is 118 cm³/mol. The Balaban J connectivity index is 1.45. The summed E-state index contributed by atoms with van der Waals surface area (Å²) < 4.78 is 5.44. The summed E-state index contributed by atoms with van der Waals surface area (Å²) in [5, 5.41) is 8.75. The van der Waals surface area contributed by atoms with Crippen LogP contribution in [0.15, 0.2) is 54.6 Å². The minimum atomic E-state index is -0.265. The van der Waals surface area contributed by atoms with Gasteiger partial charge in [0.2, 0.25) is 5.91 Å². The number of benzene rings is 2. The van der Waals surface area contributed by atoms with Crippen molar-refractivity contribution in [2.75, 3.05) is 17.2 Å². The Labute approximate surface area is 176 Å². The molecule has 0 aromatic heterocycles. The fourth-order valence-electron chi connectivity index (χ4n) is 3.35. The Morgan fingerprint density at radius 2 is 1.62 bits per heavy atom. The predicted octanol–water partition coefficient (Wildman–Crippen LogP) is 4.10. The molecule has 2 amide bonds. The lowest BCUT2D eigenvalue weighted by Crippen LogP contribution is -2.34. The second kappa shape index (κ2) is 10.6. The number of hydrogen-bond acceptors (Lipinski definition) is 4. The third kappa shape index (κ3) is 7.19. The van der Waals surface area contributed by atoms with Crippen molar-refractivity contribution in [1.29, 1.82) is 0 Å². The summed E-state index contributed by atoms with van der Waals surface area (Å²) in [6.07, 6.45) is 5.15. The van der Waals surface area contributed by atoms with Crippen LogP contribution in [0.2, 0.25) is 0 Å². The van der Waals surface area contributed by atoms with Crippen LogP contribution in [-0.4, -0.2) is 23.5 Å². The van der Waals surface area contributed by atoms with Crippen molar-refractivity contribution in [2.24, 2.45) is 5.92 Å². The molecule has 29 heavy (non-hydrogen) atoms. The zero-order valence-corrected chi connectivity index (χ0v) is 17.0. The minimum Gasteiger partial charge on any atom is -0.484 e. The third-order valence-corrected chi connectivity index (χ3v) is 4.92. The van der Waals surface area contributed by atoms with Crippen molar-refractivity contribution in [2.45, 2.75) is 32.1 Å². The number of amides is 2. The summed E-state index contributed by atoms with van der Waals surface area (Å²) >= 11 is 5.23. The maximum Gasteiger partial charge on any atom is 0.262 e. The molecule has 0 atom stereocenters. The lowest BCUT2D eigenvalue weighted by atomic mass is 10.0. The van der Waals surface area contributed by atoms with E-state index in [1.54, 1.807) is 30.3 Å². The highest BCUT2D eigenvalue weighted by molar-refractivity contribution is 7.80. The second-order valence-corrected chi connectivity index (χ2v) is 7.50. The van der Waals surface area contributed by atoms with Crippen LogP contribution in [0.4, 0.5) is 11.4 Å². The first-order chi connectivity index (χ1) is 14.1. The Hall–Kier alpha value is -2.93. The topological polar surface area (TPSA) is 79.5 Å². The maximum absolute atomic E-state index is 12.1. The van der Waals surface area contributed by atoms with Gasteiger partial charge in [0, 0.05) is 17.8 Å². The monoisotopic (exact) mass is 411 g/mol. The van der Waals surface area contributed by atoms with E-state index < -0.39 is 0 Å². The number of thiocarbonyl (C=S) groups is 1. The summed E-state index contributed by atoms with van der Waals surface area (Å²) in [5.41, 5.74) is 1.29. The van der Waals surface area contributed by atoms with E-state index in [4.69, 9.17) is 17.0 Å². The van der Waals surface area contributed by atoms with Gasteiger partial charge in [-0.1, -0.05) is 37.1 Å². The molecular weight excluding hydrogens is 386 g/mol.